The van der Waals surface area contributed by atoms with Crippen LogP contribution in [0.4, 0.5) is 23.4 Å². The van der Waals surface area contributed by atoms with E-state index >= 15 is 0 Å². The molecule has 1 saturated carbocycles. The van der Waals surface area contributed by atoms with Crippen LogP contribution in [0.5, 0.6) is 0 Å². The van der Waals surface area contributed by atoms with Crippen molar-refractivity contribution in [1.82, 2.24) is 19.9 Å². The number of aliphatic hydroxyl groups is 1. The number of aromatic nitrogens is 4. The maximum atomic E-state index is 12.9. The molecule has 0 amide bonds. The van der Waals surface area contributed by atoms with Crippen LogP contribution in [-0.4, -0.2) is 60.2 Å². The summed E-state index contributed by atoms with van der Waals surface area (Å²) in [6, 6.07) is 0. The molecule has 3 aliphatic rings. The number of rotatable bonds is 6. The van der Waals surface area contributed by atoms with Gasteiger partial charge in [-0.05, 0) is 44.9 Å². The van der Waals surface area contributed by atoms with E-state index < -0.39 is 32.4 Å². The van der Waals surface area contributed by atoms with Crippen molar-refractivity contribution in [3.05, 3.63) is 23.9 Å². The van der Waals surface area contributed by atoms with Gasteiger partial charge in [-0.3, -0.25) is 4.21 Å². The summed E-state index contributed by atoms with van der Waals surface area (Å²) in [5.74, 6) is 2.11. The Kier molecular flexibility index (Phi) is 6.44. The highest BCUT2D eigenvalue weighted by atomic mass is 32.3. The normalized spacial score (nSPS) is 23.2. The van der Waals surface area contributed by atoms with Crippen LogP contribution in [0.1, 0.15) is 56.0 Å². The molecule has 0 aromatic carbocycles. The quantitative estimate of drug-likeness (QED) is 0.597. The molecule has 2 aromatic rings. The largest absolute Gasteiger partial charge is 0.394 e. The van der Waals surface area contributed by atoms with Crippen LogP contribution >= 0.6 is 11.2 Å². The maximum Gasteiger partial charge on any atom is 0.240 e. The van der Waals surface area contributed by atoms with Gasteiger partial charge in [0.05, 0.1) is 41.0 Å². The zero-order valence-electron chi connectivity index (χ0n) is 18.6. The van der Waals surface area contributed by atoms with Crippen molar-refractivity contribution in [2.75, 3.05) is 35.7 Å². The number of aliphatic hydroxyl groups excluding tert-OH is 1. The van der Waals surface area contributed by atoms with Crippen LogP contribution in [0.15, 0.2) is 22.2 Å². The molecule has 4 heterocycles. The van der Waals surface area contributed by atoms with Gasteiger partial charge in [0, 0.05) is 24.8 Å². The molecule has 2 aliphatic heterocycles. The topological polar surface area (TPSA) is 104 Å². The second-order valence-electron chi connectivity index (χ2n) is 9.16. The summed E-state index contributed by atoms with van der Waals surface area (Å²) in [5.41, 5.74) is 0.371. The molecule has 186 valence electrons. The van der Waals surface area contributed by atoms with Crippen molar-refractivity contribution < 1.29 is 21.0 Å². The Balaban J connectivity index is 1.34. The van der Waals surface area contributed by atoms with Crippen LogP contribution in [-0.2, 0) is 17.2 Å². The number of fused-ring (bicyclic) bond motifs is 1. The lowest BCUT2D eigenvalue weighted by atomic mass is 9.77. The lowest BCUT2D eigenvalue weighted by Gasteiger charge is -2.42. The highest BCUT2D eigenvalue weighted by Gasteiger charge is 2.39. The minimum Gasteiger partial charge on any atom is -0.394 e. The first-order valence-electron chi connectivity index (χ1n) is 11.5. The van der Waals surface area contributed by atoms with E-state index in [9.17, 15) is 21.0 Å². The Labute approximate surface area is 200 Å². The van der Waals surface area contributed by atoms with Crippen molar-refractivity contribution in [1.29, 1.82) is 0 Å². The zero-order chi connectivity index (χ0) is 23.9. The van der Waals surface area contributed by atoms with Crippen molar-refractivity contribution in [2.24, 2.45) is 0 Å². The van der Waals surface area contributed by atoms with Crippen molar-refractivity contribution in [2.45, 2.75) is 66.2 Å². The van der Waals surface area contributed by atoms with E-state index in [-0.39, 0.29) is 12.5 Å². The first-order valence-corrected chi connectivity index (χ1v) is 14.1. The zero-order valence-corrected chi connectivity index (χ0v) is 20.2. The number of anilines is 2. The average Bonchev–Trinajstić information content (AvgIpc) is 2.81. The molecule has 2 fully saturated rings. The van der Waals surface area contributed by atoms with E-state index in [0.717, 1.165) is 50.2 Å². The van der Waals surface area contributed by atoms with Gasteiger partial charge in [0.2, 0.25) is 17.1 Å². The van der Waals surface area contributed by atoms with Gasteiger partial charge in [-0.25, -0.2) is 15.0 Å². The molecule has 13 heteroatoms. The number of nitrogens with zero attached hydrogens (tertiary/aromatic N) is 5. The molecule has 1 aliphatic carbocycles. The van der Waals surface area contributed by atoms with Gasteiger partial charge in [0.1, 0.15) is 21.4 Å². The molecule has 1 atom stereocenters. The molecule has 2 aromatic heterocycles. The van der Waals surface area contributed by atoms with Crippen LogP contribution in [0, 0.1) is 0 Å². The summed E-state index contributed by atoms with van der Waals surface area (Å²) >= 11 is -5.32. The van der Waals surface area contributed by atoms with Crippen LogP contribution in [0.2, 0.25) is 0 Å². The second-order valence-corrected chi connectivity index (χ2v) is 12.0. The standard InChI is InChI=1S/C21H27F3N6O2S2/c22-34(23,24)15-11-25-18(26-12-15)14-4-8-30(9-5-14)20-27-16-3-1-10-33(32)17(16)19(28-20)29-21(13-31)6-2-7-21/h11-12,14,31H,1-10,13H2,(H,27,28,29)/t33-/m1/s1. The number of aryl methyl sites for hydroxylation is 1. The maximum absolute atomic E-state index is 12.9. The second kappa shape index (κ2) is 9.23. The fourth-order valence-corrected chi connectivity index (χ4v) is 6.44. The molecular weight excluding hydrogens is 489 g/mol. The Morgan fingerprint density at radius 1 is 1.15 bits per heavy atom. The lowest BCUT2D eigenvalue weighted by Crippen LogP contribution is -2.49. The lowest BCUT2D eigenvalue weighted by molar-refractivity contribution is 0.143. The van der Waals surface area contributed by atoms with Crippen LogP contribution < -0.4 is 10.2 Å². The Morgan fingerprint density at radius 2 is 1.85 bits per heavy atom. The predicted molar refractivity (Wildman–Crippen MR) is 124 cm³/mol. The molecule has 0 unspecified atom stereocenters. The fraction of sp³-hybridized carbons (Fsp3) is 0.619. The summed E-state index contributed by atoms with van der Waals surface area (Å²) in [6.45, 7) is 1.23. The summed E-state index contributed by atoms with van der Waals surface area (Å²) < 4.78 is 51.4. The molecule has 34 heavy (non-hydrogen) atoms. The van der Waals surface area contributed by atoms with Gasteiger partial charge in [0.15, 0.2) is 0 Å². The SMILES string of the molecule is O=[S@@]1CCCc2nc(N3CCC(c4ncc(S(F)(F)F)cn4)CC3)nc(NC3(CO)CCC3)c21. The van der Waals surface area contributed by atoms with Crippen molar-refractivity contribution >= 4 is 33.8 Å². The summed E-state index contributed by atoms with van der Waals surface area (Å²) in [5, 5.41) is 13.3. The number of halogens is 3. The van der Waals surface area contributed by atoms with E-state index in [1.807, 2.05) is 0 Å². The number of hydrogen-bond donors (Lipinski definition) is 2. The van der Waals surface area contributed by atoms with Crippen molar-refractivity contribution in [3.63, 3.8) is 0 Å². The molecular formula is C21H27F3N6O2S2. The van der Waals surface area contributed by atoms with E-state index in [4.69, 9.17) is 9.97 Å². The first kappa shape index (κ1) is 23.7. The summed E-state index contributed by atoms with van der Waals surface area (Å²) in [4.78, 5) is 19.4. The number of piperidine rings is 1. The number of nitrogens with one attached hydrogen (secondary N) is 1. The van der Waals surface area contributed by atoms with Gasteiger partial charge in [-0.1, -0.05) is 0 Å². The molecule has 0 spiro atoms. The van der Waals surface area contributed by atoms with Crippen LogP contribution in [0.25, 0.3) is 0 Å². The molecule has 5 rings (SSSR count). The highest BCUT2D eigenvalue weighted by Crippen LogP contribution is 2.60. The summed E-state index contributed by atoms with van der Waals surface area (Å²) in [6.07, 6.45) is 7.34. The van der Waals surface area contributed by atoms with E-state index in [0.29, 0.717) is 54.2 Å². The fourth-order valence-electron chi connectivity index (χ4n) is 4.76. The average molecular weight is 517 g/mol. The first-order chi connectivity index (χ1) is 16.3. The van der Waals surface area contributed by atoms with Crippen LogP contribution in [0.3, 0.4) is 0 Å². The molecule has 0 radical (unpaired) electrons. The molecule has 0 bridgehead atoms. The smallest absolute Gasteiger partial charge is 0.240 e. The highest BCUT2D eigenvalue weighted by molar-refractivity contribution is 8.20. The Morgan fingerprint density at radius 3 is 2.44 bits per heavy atom. The van der Waals surface area contributed by atoms with Gasteiger partial charge in [-0.15, -0.1) is 11.7 Å². The monoisotopic (exact) mass is 516 g/mol. The third kappa shape index (κ3) is 4.61. The molecule has 2 N–H and O–H groups in total. The van der Waals surface area contributed by atoms with Gasteiger partial charge >= 0.3 is 0 Å². The number of hydrogen-bond acceptors (Lipinski definition) is 8. The summed E-state index contributed by atoms with van der Waals surface area (Å²) in [7, 11) is -1.18. The van der Waals surface area contributed by atoms with Gasteiger partial charge in [-0.2, -0.15) is 4.98 Å². The van der Waals surface area contributed by atoms with E-state index in [2.05, 4.69) is 20.2 Å². The third-order valence-electron chi connectivity index (χ3n) is 6.95. The van der Waals surface area contributed by atoms with Crippen molar-refractivity contribution in [3.8, 4) is 0 Å². The Bertz CT molecular complexity index is 1070. The minimum absolute atomic E-state index is 0.00619. The van der Waals surface area contributed by atoms with Gasteiger partial charge < -0.3 is 15.3 Å². The predicted octanol–water partition coefficient (Wildman–Crippen LogP) is 3.85. The molecule has 1 saturated heterocycles. The minimum atomic E-state index is -5.32. The van der Waals surface area contributed by atoms with E-state index in [1.165, 1.54) is 0 Å². The molecule has 8 nitrogen and oxygen atoms in total. The van der Waals surface area contributed by atoms with E-state index in [1.54, 1.807) is 0 Å². The Hall–Kier alpha value is -1.99. The third-order valence-corrected chi connectivity index (χ3v) is 9.24. The van der Waals surface area contributed by atoms with Gasteiger partial charge in [0.25, 0.3) is 0 Å².